The number of carbonyl (C=O) groups excluding carboxylic acids is 1. The number of rotatable bonds is 4. The van der Waals surface area contributed by atoms with Gasteiger partial charge in [0.25, 0.3) is 0 Å². The Hall–Kier alpha value is -2.18. The number of nitrogens with one attached hydrogen (secondary N) is 2. The minimum absolute atomic E-state index is 0.0346. The van der Waals surface area contributed by atoms with Gasteiger partial charge in [0.15, 0.2) is 0 Å². The van der Waals surface area contributed by atoms with Crippen molar-refractivity contribution in [2.24, 2.45) is 0 Å². The third kappa shape index (κ3) is 2.88. The highest BCUT2D eigenvalue weighted by Crippen LogP contribution is 2.24. The zero-order valence-corrected chi connectivity index (χ0v) is 12.9. The highest BCUT2D eigenvalue weighted by atomic mass is 32.2. The lowest BCUT2D eigenvalue weighted by Crippen LogP contribution is -2.24. The largest absolute Gasteiger partial charge is 0.326 e. The molecule has 0 saturated heterocycles. The smallest absolute Gasteiger partial charge is 0.241 e. The number of hydrogen-bond acceptors (Lipinski definition) is 3. The molecule has 114 valence electrons. The van der Waals surface area contributed by atoms with Crippen molar-refractivity contribution in [2.75, 3.05) is 5.32 Å². The van der Waals surface area contributed by atoms with Crippen molar-refractivity contribution in [3.8, 4) is 0 Å². The van der Waals surface area contributed by atoms with E-state index in [1.807, 2.05) is 12.1 Å². The Morgan fingerprint density at radius 2 is 1.95 bits per heavy atom. The molecular formula is C16H16N2O3S. The summed E-state index contributed by atoms with van der Waals surface area (Å²) in [4.78, 5) is 11.6. The van der Waals surface area contributed by atoms with E-state index in [9.17, 15) is 13.2 Å². The average Bonchev–Trinajstić information content (AvgIpc) is 2.85. The van der Waals surface area contributed by atoms with Gasteiger partial charge in [0.05, 0.1) is 11.3 Å². The molecule has 0 spiro atoms. The molecule has 3 rings (SSSR count). The Balaban J connectivity index is 1.77. The van der Waals surface area contributed by atoms with E-state index in [0.29, 0.717) is 12.0 Å². The number of aryl methyl sites for hydroxylation is 1. The van der Waals surface area contributed by atoms with Crippen LogP contribution in [0.25, 0.3) is 0 Å². The van der Waals surface area contributed by atoms with Crippen LogP contribution >= 0.6 is 0 Å². The maximum Gasteiger partial charge on any atom is 0.241 e. The number of sulfonamides is 1. The summed E-state index contributed by atoms with van der Waals surface area (Å²) in [5, 5.41) is 2.75. The van der Waals surface area contributed by atoms with E-state index in [-0.39, 0.29) is 17.3 Å². The standard InChI is InChI=1S/C16H16N2O3S/c1-11-4-2-3-5-15(11)22(20,21)17-10-12-6-7-14-13(8-12)9-16(19)18-14/h2-8,17H,9-10H2,1H3,(H,18,19). The quantitative estimate of drug-likeness (QED) is 0.905. The molecule has 0 bridgehead atoms. The second-order valence-corrected chi connectivity index (χ2v) is 7.04. The van der Waals surface area contributed by atoms with Crippen molar-refractivity contribution in [3.05, 3.63) is 59.2 Å². The summed E-state index contributed by atoms with van der Waals surface area (Å²) >= 11 is 0. The van der Waals surface area contributed by atoms with Gasteiger partial charge in [0.1, 0.15) is 0 Å². The maximum absolute atomic E-state index is 12.3. The third-order valence-corrected chi connectivity index (χ3v) is 5.21. The molecular weight excluding hydrogens is 300 g/mol. The van der Waals surface area contributed by atoms with Gasteiger partial charge in [-0.25, -0.2) is 13.1 Å². The summed E-state index contributed by atoms with van der Waals surface area (Å²) in [6.07, 6.45) is 0.341. The lowest BCUT2D eigenvalue weighted by Gasteiger charge is -2.10. The zero-order valence-electron chi connectivity index (χ0n) is 12.1. The molecule has 5 nitrogen and oxygen atoms in total. The molecule has 0 radical (unpaired) electrons. The van der Waals surface area contributed by atoms with E-state index in [0.717, 1.165) is 16.8 Å². The first kappa shape index (κ1) is 14.7. The van der Waals surface area contributed by atoms with Gasteiger partial charge < -0.3 is 5.32 Å². The molecule has 0 saturated carbocycles. The molecule has 2 aromatic carbocycles. The SMILES string of the molecule is Cc1ccccc1S(=O)(=O)NCc1ccc2c(c1)CC(=O)N2. The van der Waals surface area contributed by atoms with E-state index >= 15 is 0 Å². The van der Waals surface area contributed by atoms with Crippen molar-refractivity contribution in [3.63, 3.8) is 0 Å². The number of anilines is 1. The lowest BCUT2D eigenvalue weighted by atomic mass is 10.1. The molecule has 0 unspecified atom stereocenters. The summed E-state index contributed by atoms with van der Waals surface area (Å²) in [6.45, 7) is 1.96. The molecule has 0 aromatic heterocycles. The van der Waals surface area contributed by atoms with Crippen LogP contribution in [-0.4, -0.2) is 14.3 Å². The van der Waals surface area contributed by atoms with Crippen LogP contribution in [-0.2, 0) is 27.8 Å². The highest BCUT2D eigenvalue weighted by molar-refractivity contribution is 7.89. The normalized spacial score (nSPS) is 13.8. The van der Waals surface area contributed by atoms with E-state index in [1.54, 1.807) is 37.3 Å². The van der Waals surface area contributed by atoms with E-state index in [2.05, 4.69) is 10.0 Å². The van der Waals surface area contributed by atoms with E-state index in [1.165, 1.54) is 0 Å². The van der Waals surface area contributed by atoms with Crippen LogP contribution < -0.4 is 10.0 Å². The Labute approximate surface area is 129 Å². The highest BCUT2D eigenvalue weighted by Gasteiger charge is 2.19. The molecule has 2 aromatic rings. The van der Waals surface area contributed by atoms with E-state index in [4.69, 9.17) is 0 Å². The van der Waals surface area contributed by atoms with Crippen LogP contribution in [0.2, 0.25) is 0 Å². The fraction of sp³-hybridized carbons (Fsp3) is 0.188. The van der Waals surface area contributed by atoms with Gasteiger partial charge in [-0.1, -0.05) is 30.3 Å². The molecule has 0 fully saturated rings. The molecule has 1 heterocycles. The fourth-order valence-corrected chi connectivity index (χ4v) is 3.77. The number of fused-ring (bicyclic) bond motifs is 1. The minimum Gasteiger partial charge on any atom is -0.326 e. The first-order valence-electron chi connectivity index (χ1n) is 6.93. The Morgan fingerprint density at radius 3 is 2.73 bits per heavy atom. The average molecular weight is 316 g/mol. The zero-order chi connectivity index (χ0) is 15.7. The summed E-state index contributed by atoms with van der Waals surface area (Å²) in [5.41, 5.74) is 3.24. The Morgan fingerprint density at radius 1 is 1.18 bits per heavy atom. The predicted molar refractivity (Wildman–Crippen MR) is 84.0 cm³/mol. The molecule has 1 aliphatic rings. The first-order valence-corrected chi connectivity index (χ1v) is 8.41. The molecule has 0 atom stereocenters. The second-order valence-electron chi connectivity index (χ2n) is 5.31. The molecule has 1 aliphatic heterocycles. The van der Waals surface area contributed by atoms with Crippen LogP contribution in [0, 0.1) is 6.92 Å². The number of benzene rings is 2. The van der Waals surface area contributed by atoms with Gasteiger partial charge in [-0.05, 0) is 35.7 Å². The predicted octanol–water partition coefficient (Wildman–Crippen LogP) is 1.97. The lowest BCUT2D eigenvalue weighted by molar-refractivity contribution is -0.115. The van der Waals surface area contributed by atoms with Crippen molar-refractivity contribution < 1.29 is 13.2 Å². The van der Waals surface area contributed by atoms with Gasteiger partial charge in [-0.3, -0.25) is 4.79 Å². The topological polar surface area (TPSA) is 75.3 Å². The second kappa shape index (κ2) is 5.55. The Bertz CT molecular complexity index is 844. The first-order chi connectivity index (χ1) is 10.5. The summed E-state index contributed by atoms with van der Waals surface area (Å²) < 4.78 is 27.3. The van der Waals surface area contributed by atoms with Crippen LogP contribution in [0.1, 0.15) is 16.7 Å². The maximum atomic E-state index is 12.3. The minimum atomic E-state index is -3.55. The molecule has 6 heteroatoms. The molecule has 1 amide bonds. The monoisotopic (exact) mass is 316 g/mol. The van der Waals surface area contributed by atoms with Gasteiger partial charge in [0.2, 0.25) is 15.9 Å². The van der Waals surface area contributed by atoms with Crippen molar-refractivity contribution >= 4 is 21.6 Å². The number of hydrogen-bond donors (Lipinski definition) is 2. The molecule has 2 N–H and O–H groups in total. The van der Waals surface area contributed by atoms with Crippen molar-refractivity contribution in [1.29, 1.82) is 0 Å². The van der Waals surface area contributed by atoms with Gasteiger partial charge in [-0.15, -0.1) is 0 Å². The summed E-state index contributed by atoms with van der Waals surface area (Å²) in [7, 11) is -3.55. The number of carbonyl (C=O) groups is 1. The van der Waals surface area contributed by atoms with Gasteiger partial charge >= 0.3 is 0 Å². The van der Waals surface area contributed by atoms with Crippen molar-refractivity contribution in [1.82, 2.24) is 4.72 Å². The molecule has 22 heavy (non-hydrogen) atoms. The molecule has 0 aliphatic carbocycles. The Kier molecular flexibility index (Phi) is 3.72. The summed E-state index contributed by atoms with van der Waals surface area (Å²) in [6, 6.07) is 12.3. The van der Waals surface area contributed by atoms with Crippen molar-refractivity contribution in [2.45, 2.75) is 24.8 Å². The van der Waals surface area contributed by atoms with Crippen LogP contribution in [0.4, 0.5) is 5.69 Å². The van der Waals surface area contributed by atoms with Crippen LogP contribution in [0.5, 0.6) is 0 Å². The van der Waals surface area contributed by atoms with E-state index < -0.39 is 10.0 Å². The summed E-state index contributed by atoms with van der Waals surface area (Å²) in [5.74, 6) is -0.0346. The van der Waals surface area contributed by atoms with Gasteiger partial charge in [0, 0.05) is 12.2 Å². The van der Waals surface area contributed by atoms with Crippen LogP contribution in [0.15, 0.2) is 47.4 Å². The fourth-order valence-electron chi connectivity index (χ4n) is 2.51. The number of amides is 1. The van der Waals surface area contributed by atoms with Gasteiger partial charge in [-0.2, -0.15) is 0 Å². The van der Waals surface area contributed by atoms with Crippen LogP contribution in [0.3, 0.4) is 0 Å². The third-order valence-electron chi connectivity index (χ3n) is 3.64.